The fourth-order valence-electron chi connectivity index (χ4n) is 3.87. The summed E-state index contributed by atoms with van der Waals surface area (Å²) >= 11 is 0. The first-order chi connectivity index (χ1) is 12.6. The van der Waals surface area contributed by atoms with Gasteiger partial charge in [-0.2, -0.15) is 0 Å². The van der Waals surface area contributed by atoms with Gasteiger partial charge >= 0.3 is 0 Å². The van der Waals surface area contributed by atoms with Gasteiger partial charge in [-0.1, -0.05) is 54.6 Å². The summed E-state index contributed by atoms with van der Waals surface area (Å²) in [6.45, 7) is 0. The highest BCUT2D eigenvalue weighted by molar-refractivity contribution is 7.92. The Bertz CT molecular complexity index is 1270. The van der Waals surface area contributed by atoms with Gasteiger partial charge in [0.05, 0.1) is 10.6 Å². The Hall–Kier alpha value is -2.85. The van der Waals surface area contributed by atoms with E-state index in [0.29, 0.717) is 5.69 Å². The number of nitrogens with one attached hydrogen (secondary N) is 1. The molecule has 3 nitrogen and oxygen atoms in total. The number of fused-ring (bicyclic) bond motifs is 1. The van der Waals surface area contributed by atoms with Crippen molar-refractivity contribution in [3.05, 3.63) is 83.9 Å². The largest absolute Gasteiger partial charge is 0.279 e. The van der Waals surface area contributed by atoms with Crippen LogP contribution in [0.4, 0.5) is 5.69 Å². The van der Waals surface area contributed by atoms with Gasteiger partial charge in [-0.05, 0) is 58.3 Å². The second-order valence-corrected chi connectivity index (χ2v) is 8.41. The number of hydrogen-bond acceptors (Lipinski definition) is 2. The highest BCUT2D eigenvalue weighted by Crippen LogP contribution is 2.35. The first-order valence-corrected chi connectivity index (χ1v) is 10.2. The highest BCUT2D eigenvalue weighted by atomic mass is 32.2. The topological polar surface area (TPSA) is 46.2 Å². The van der Waals surface area contributed by atoms with Crippen LogP contribution in [0.3, 0.4) is 0 Å². The fourth-order valence-corrected chi connectivity index (χ4v) is 4.99. The molecule has 4 heteroatoms. The molecular formula is C22H17NO2S. The van der Waals surface area contributed by atoms with Crippen molar-refractivity contribution in [3.63, 3.8) is 0 Å². The number of sulfonamides is 1. The third-order valence-corrected chi connectivity index (χ3v) is 6.52. The van der Waals surface area contributed by atoms with Gasteiger partial charge in [0, 0.05) is 5.39 Å². The minimum atomic E-state index is -3.65. The van der Waals surface area contributed by atoms with Crippen LogP contribution < -0.4 is 4.72 Å². The van der Waals surface area contributed by atoms with Gasteiger partial charge in [-0.3, -0.25) is 4.72 Å². The molecule has 0 radical (unpaired) electrons. The van der Waals surface area contributed by atoms with Crippen molar-refractivity contribution in [1.29, 1.82) is 0 Å². The molecule has 0 fully saturated rings. The molecular weight excluding hydrogens is 342 g/mol. The normalized spacial score (nSPS) is 13.4. The van der Waals surface area contributed by atoms with Crippen LogP contribution in [-0.4, -0.2) is 8.42 Å². The Kier molecular flexibility index (Phi) is 3.31. The van der Waals surface area contributed by atoms with E-state index in [1.54, 1.807) is 12.1 Å². The van der Waals surface area contributed by atoms with E-state index in [9.17, 15) is 8.42 Å². The molecule has 0 amide bonds. The number of hydrogen-bond donors (Lipinski definition) is 1. The Balaban J connectivity index is 1.61. The summed E-state index contributed by atoms with van der Waals surface area (Å²) in [7, 11) is -3.65. The average Bonchev–Trinajstić information content (AvgIpc) is 3.08. The predicted molar refractivity (Wildman–Crippen MR) is 106 cm³/mol. The molecule has 0 aromatic heterocycles. The minimum absolute atomic E-state index is 0.277. The Morgan fingerprint density at radius 2 is 1.50 bits per heavy atom. The molecule has 4 aromatic rings. The average molecular weight is 359 g/mol. The molecule has 0 unspecified atom stereocenters. The van der Waals surface area contributed by atoms with Crippen molar-refractivity contribution in [1.82, 2.24) is 0 Å². The van der Waals surface area contributed by atoms with Crippen LogP contribution in [-0.2, 0) is 22.9 Å². The van der Waals surface area contributed by atoms with Crippen LogP contribution >= 0.6 is 0 Å². The van der Waals surface area contributed by atoms with Crippen LogP contribution in [0.25, 0.3) is 21.5 Å². The molecule has 0 bridgehead atoms. The smallest absolute Gasteiger partial charge is 0.261 e. The number of benzene rings is 4. The minimum Gasteiger partial charge on any atom is -0.279 e. The number of aryl methyl sites for hydroxylation is 2. The van der Waals surface area contributed by atoms with Gasteiger partial charge in [-0.15, -0.1) is 0 Å². The highest BCUT2D eigenvalue weighted by Gasteiger charge is 2.20. The summed E-state index contributed by atoms with van der Waals surface area (Å²) in [5, 5.41) is 4.11. The van der Waals surface area contributed by atoms with Gasteiger partial charge in [0.2, 0.25) is 0 Å². The maximum absolute atomic E-state index is 13.0. The number of rotatable bonds is 3. The van der Waals surface area contributed by atoms with Crippen molar-refractivity contribution in [3.8, 4) is 0 Å². The molecule has 0 saturated heterocycles. The summed E-state index contributed by atoms with van der Waals surface area (Å²) in [4.78, 5) is 0.277. The van der Waals surface area contributed by atoms with Gasteiger partial charge < -0.3 is 0 Å². The van der Waals surface area contributed by atoms with E-state index in [0.717, 1.165) is 29.0 Å². The summed E-state index contributed by atoms with van der Waals surface area (Å²) in [5.74, 6) is 0. The molecule has 0 heterocycles. The second-order valence-electron chi connectivity index (χ2n) is 6.73. The van der Waals surface area contributed by atoms with Gasteiger partial charge in [0.15, 0.2) is 0 Å². The molecule has 26 heavy (non-hydrogen) atoms. The zero-order valence-electron chi connectivity index (χ0n) is 14.1. The quantitative estimate of drug-likeness (QED) is 0.566. The van der Waals surface area contributed by atoms with Gasteiger partial charge in [0.25, 0.3) is 10.0 Å². The summed E-state index contributed by atoms with van der Waals surface area (Å²) in [5.41, 5.74) is 3.23. The first kappa shape index (κ1) is 15.4. The van der Waals surface area contributed by atoms with E-state index in [1.165, 1.54) is 16.5 Å². The van der Waals surface area contributed by atoms with Crippen molar-refractivity contribution >= 4 is 37.3 Å². The molecule has 1 N–H and O–H groups in total. The third kappa shape index (κ3) is 2.37. The molecule has 0 aliphatic heterocycles. The lowest BCUT2D eigenvalue weighted by Crippen LogP contribution is -2.13. The van der Waals surface area contributed by atoms with Crippen molar-refractivity contribution < 1.29 is 8.42 Å². The molecule has 5 rings (SSSR count). The van der Waals surface area contributed by atoms with Crippen LogP contribution in [0.15, 0.2) is 77.7 Å². The van der Waals surface area contributed by atoms with E-state index in [2.05, 4.69) is 10.8 Å². The molecule has 4 aromatic carbocycles. The lowest BCUT2D eigenvalue weighted by molar-refractivity contribution is 0.601. The van der Waals surface area contributed by atoms with Gasteiger partial charge in [-0.25, -0.2) is 8.42 Å². The molecule has 1 aliphatic rings. The third-order valence-electron chi connectivity index (χ3n) is 5.15. The zero-order chi connectivity index (χ0) is 17.7. The summed E-state index contributed by atoms with van der Waals surface area (Å²) in [6, 6.07) is 23.0. The van der Waals surface area contributed by atoms with Crippen LogP contribution in [0.5, 0.6) is 0 Å². The Labute approximate surface area is 152 Å². The molecule has 0 atom stereocenters. The lowest BCUT2D eigenvalue weighted by Gasteiger charge is -2.12. The van der Waals surface area contributed by atoms with Crippen molar-refractivity contribution in [2.75, 3.05) is 4.72 Å². The van der Waals surface area contributed by atoms with E-state index in [1.807, 2.05) is 54.6 Å². The molecule has 0 spiro atoms. The Morgan fingerprint density at radius 1 is 0.731 bits per heavy atom. The van der Waals surface area contributed by atoms with E-state index in [-0.39, 0.29) is 4.90 Å². The van der Waals surface area contributed by atoms with Crippen molar-refractivity contribution in [2.24, 2.45) is 0 Å². The molecule has 128 valence electrons. The first-order valence-electron chi connectivity index (χ1n) is 8.67. The lowest BCUT2D eigenvalue weighted by atomic mass is 10.0. The van der Waals surface area contributed by atoms with E-state index < -0.39 is 10.0 Å². The summed E-state index contributed by atoms with van der Waals surface area (Å²) in [6.07, 6.45) is 2.04. The standard InChI is InChI=1S/C22H17NO2S/c24-26(25,19-12-10-15-4-1-2-5-18(15)14-19)23-21-13-11-17-9-8-16-6-3-7-20(21)22(16)17/h1-7,10-14,23H,8-9H2. The monoisotopic (exact) mass is 359 g/mol. The van der Waals surface area contributed by atoms with Crippen LogP contribution in [0, 0.1) is 0 Å². The molecule has 0 saturated carbocycles. The SMILES string of the molecule is O=S(=O)(Nc1ccc2c3c(cccc13)CC2)c1ccc2ccccc2c1. The second kappa shape index (κ2) is 5.58. The number of anilines is 1. The predicted octanol–water partition coefficient (Wildman–Crippen LogP) is 4.89. The maximum atomic E-state index is 13.0. The van der Waals surface area contributed by atoms with E-state index in [4.69, 9.17) is 0 Å². The molecule has 1 aliphatic carbocycles. The summed E-state index contributed by atoms with van der Waals surface area (Å²) < 4.78 is 28.7. The van der Waals surface area contributed by atoms with E-state index >= 15 is 0 Å². The maximum Gasteiger partial charge on any atom is 0.261 e. The van der Waals surface area contributed by atoms with Gasteiger partial charge in [0.1, 0.15) is 0 Å². The van der Waals surface area contributed by atoms with Crippen LogP contribution in [0.1, 0.15) is 11.1 Å². The Morgan fingerprint density at radius 3 is 2.35 bits per heavy atom. The fraction of sp³-hybridized carbons (Fsp3) is 0.0909. The van der Waals surface area contributed by atoms with Crippen LogP contribution in [0.2, 0.25) is 0 Å². The zero-order valence-corrected chi connectivity index (χ0v) is 14.9. The van der Waals surface area contributed by atoms with Crippen molar-refractivity contribution in [2.45, 2.75) is 17.7 Å².